The third kappa shape index (κ3) is 5.76. The summed E-state index contributed by atoms with van der Waals surface area (Å²) in [4.78, 5) is 38.3. The first-order chi connectivity index (χ1) is 23.5. The summed E-state index contributed by atoms with van der Waals surface area (Å²) in [5.41, 5.74) is 9.79. The van der Waals surface area contributed by atoms with Crippen molar-refractivity contribution in [2.75, 3.05) is 13.1 Å². The van der Waals surface area contributed by atoms with Gasteiger partial charge < -0.3 is 20.1 Å². The zero-order chi connectivity index (χ0) is 32.6. The predicted octanol–water partition coefficient (Wildman–Crippen LogP) is 7.33. The summed E-state index contributed by atoms with van der Waals surface area (Å²) in [6.45, 7) is 0.918. The topological polar surface area (TPSA) is 93.7 Å². The molecule has 2 aliphatic carbocycles. The van der Waals surface area contributed by atoms with Crippen molar-refractivity contribution in [3.8, 4) is 22.3 Å². The molecule has 8 rings (SSSR count). The molecule has 0 bridgehead atoms. The molecule has 4 aromatic rings. The van der Waals surface area contributed by atoms with Crippen LogP contribution in [0.2, 0.25) is 0 Å². The van der Waals surface area contributed by atoms with E-state index in [2.05, 4.69) is 108 Å². The maximum Gasteiger partial charge on any atom is 0.508 e. The average molecular weight is 641 g/mol. The van der Waals surface area contributed by atoms with Gasteiger partial charge in [-0.25, -0.2) is 4.79 Å². The minimum Gasteiger partial charge on any atom is -0.431 e. The molecule has 4 aromatic carbocycles. The second-order valence-electron chi connectivity index (χ2n) is 13.7. The third-order valence-electron chi connectivity index (χ3n) is 11.0. The van der Waals surface area contributed by atoms with Gasteiger partial charge in [-0.1, -0.05) is 97.1 Å². The summed E-state index contributed by atoms with van der Waals surface area (Å²) in [6, 6.07) is 33.8. The van der Waals surface area contributed by atoms with E-state index in [1.54, 1.807) is 0 Å². The van der Waals surface area contributed by atoms with Gasteiger partial charge in [0.25, 0.3) is 0 Å². The Bertz CT molecular complexity index is 1630. The molecule has 7 nitrogen and oxygen atoms in total. The Kier molecular flexibility index (Phi) is 8.21. The maximum atomic E-state index is 14.0. The molecule has 4 aliphatic rings. The highest BCUT2D eigenvalue weighted by Gasteiger charge is 2.39. The maximum absolute atomic E-state index is 14.0. The van der Waals surface area contributed by atoms with Crippen molar-refractivity contribution in [2.45, 2.75) is 62.6 Å². The molecule has 7 heteroatoms. The molecule has 2 amide bonds. The molecule has 2 aliphatic heterocycles. The molecule has 244 valence electrons. The summed E-state index contributed by atoms with van der Waals surface area (Å²) in [7, 11) is 0. The lowest BCUT2D eigenvalue weighted by Crippen LogP contribution is -2.44. The van der Waals surface area contributed by atoms with E-state index in [0.717, 1.165) is 0 Å². The lowest BCUT2D eigenvalue weighted by molar-refractivity contribution is -0.124. The number of piperidine rings is 2. The number of hydrogen-bond donors (Lipinski definition) is 2. The number of carbonyl (C=O) groups excluding carboxylic acids is 3. The minimum absolute atomic E-state index is 0.0284. The molecule has 0 spiro atoms. The minimum atomic E-state index is -0.682. The monoisotopic (exact) mass is 640 g/mol. The molecular weight excluding hydrogens is 600 g/mol. The molecule has 2 heterocycles. The normalized spacial score (nSPS) is 21.2. The van der Waals surface area contributed by atoms with Crippen LogP contribution in [0.4, 0.5) is 4.79 Å². The van der Waals surface area contributed by atoms with Gasteiger partial charge in [-0.3, -0.25) is 9.59 Å². The quantitative estimate of drug-likeness (QED) is 0.197. The lowest BCUT2D eigenvalue weighted by atomic mass is 9.83. The second kappa shape index (κ2) is 12.9. The van der Waals surface area contributed by atoms with Crippen LogP contribution >= 0.6 is 0 Å². The zero-order valence-corrected chi connectivity index (χ0v) is 26.9. The standard InChI is InChI=1S/C41H40N2O5/c44-39-19-17-25(23-42-39)37(21-35-31-13-5-1-9-27(31)28-10-2-6-14-32(28)35)47-41(46)48-38(26-18-20-40(45)43-24-26)22-36-33-15-7-3-11-29(33)30-12-4-8-16-34(30)36/h1-16,25-26,35-38H,17-24H2,(H,42,44)(H,43,45). The first-order valence-corrected chi connectivity index (χ1v) is 17.3. The summed E-state index contributed by atoms with van der Waals surface area (Å²) >= 11 is 0. The van der Waals surface area contributed by atoms with E-state index in [9.17, 15) is 14.4 Å². The molecule has 2 saturated heterocycles. The van der Waals surface area contributed by atoms with Gasteiger partial charge in [-0.15, -0.1) is 0 Å². The van der Waals surface area contributed by atoms with Crippen molar-refractivity contribution in [3.63, 3.8) is 0 Å². The van der Waals surface area contributed by atoms with Crippen molar-refractivity contribution in [1.82, 2.24) is 10.6 Å². The van der Waals surface area contributed by atoms with E-state index in [-0.39, 0.29) is 35.5 Å². The van der Waals surface area contributed by atoms with Crippen LogP contribution in [0, 0.1) is 11.8 Å². The highest BCUT2D eigenvalue weighted by Crippen LogP contribution is 2.49. The first kappa shape index (κ1) is 30.4. The molecule has 4 unspecified atom stereocenters. The molecule has 0 radical (unpaired) electrons. The lowest BCUT2D eigenvalue weighted by Gasteiger charge is -2.34. The number of fused-ring (bicyclic) bond motifs is 6. The fraction of sp³-hybridized carbons (Fsp3) is 0.341. The molecule has 48 heavy (non-hydrogen) atoms. The second-order valence-corrected chi connectivity index (χ2v) is 13.7. The number of nitrogens with one attached hydrogen (secondary N) is 2. The fourth-order valence-corrected chi connectivity index (χ4v) is 8.58. The van der Waals surface area contributed by atoms with Crippen LogP contribution in [-0.2, 0) is 19.1 Å². The van der Waals surface area contributed by atoms with Crippen LogP contribution in [0.1, 0.15) is 72.6 Å². The smallest absolute Gasteiger partial charge is 0.431 e. The van der Waals surface area contributed by atoms with Gasteiger partial charge in [0.2, 0.25) is 11.8 Å². The van der Waals surface area contributed by atoms with E-state index in [1.807, 2.05) is 0 Å². The van der Waals surface area contributed by atoms with Crippen molar-refractivity contribution >= 4 is 18.0 Å². The SMILES string of the molecule is O=C1CCC(C(CC2c3ccccc3-c3ccccc32)OC(=O)OC(CC2c3ccccc3-c3ccccc32)C2CCC(=O)NC2)CN1. The van der Waals surface area contributed by atoms with Crippen molar-refractivity contribution in [3.05, 3.63) is 119 Å². The number of benzene rings is 4. The van der Waals surface area contributed by atoms with Gasteiger partial charge >= 0.3 is 6.16 Å². The fourth-order valence-electron chi connectivity index (χ4n) is 8.58. The largest absolute Gasteiger partial charge is 0.508 e. The number of ether oxygens (including phenoxy) is 2. The molecule has 0 aromatic heterocycles. The molecule has 0 saturated carbocycles. The Morgan fingerprint density at radius 1 is 0.562 bits per heavy atom. The van der Waals surface area contributed by atoms with E-state index in [1.165, 1.54) is 44.5 Å². The third-order valence-corrected chi connectivity index (χ3v) is 11.0. The van der Waals surface area contributed by atoms with E-state index in [4.69, 9.17) is 9.47 Å². The first-order valence-electron chi connectivity index (χ1n) is 17.3. The van der Waals surface area contributed by atoms with Crippen LogP contribution in [0.15, 0.2) is 97.1 Å². The summed E-state index contributed by atoms with van der Waals surface area (Å²) < 4.78 is 12.7. The van der Waals surface area contributed by atoms with E-state index >= 15 is 0 Å². The number of amides is 2. The summed E-state index contributed by atoms with van der Waals surface area (Å²) in [5.74, 6) is 0.112. The predicted molar refractivity (Wildman–Crippen MR) is 183 cm³/mol. The van der Waals surface area contributed by atoms with Gasteiger partial charge in [0.15, 0.2) is 0 Å². The Morgan fingerprint density at radius 2 is 0.896 bits per heavy atom. The highest BCUT2D eigenvalue weighted by molar-refractivity contribution is 5.80. The van der Waals surface area contributed by atoms with Gasteiger partial charge in [-0.2, -0.15) is 0 Å². The van der Waals surface area contributed by atoms with Crippen LogP contribution in [-0.4, -0.2) is 43.3 Å². The van der Waals surface area contributed by atoms with E-state index < -0.39 is 18.4 Å². The Morgan fingerprint density at radius 3 is 1.21 bits per heavy atom. The van der Waals surface area contributed by atoms with Crippen LogP contribution < -0.4 is 10.6 Å². The van der Waals surface area contributed by atoms with Gasteiger partial charge in [0.1, 0.15) is 12.2 Å². The Balaban J connectivity index is 1.07. The van der Waals surface area contributed by atoms with Crippen LogP contribution in [0.5, 0.6) is 0 Å². The molecule has 2 N–H and O–H groups in total. The molecule has 2 fully saturated rings. The van der Waals surface area contributed by atoms with Gasteiger partial charge in [0, 0.05) is 49.6 Å². The van der Waals surface area contributed by atoms with Gasteiger partial charge in [-0.05, 0) is 70.2 Å². The molecular formula is C41H40N2O5. The molecule has 4 atom stereocenters. The number of carbonyl (C=O) groups is 3. The number of hydrogen-bond acceptors (Lipinski definition) is 5. The Hall–Kier alpha value is -4.91. The van der Waals surface area contributed by atoms with Crippen molar-refractivity contribution < 1.29 is 23.9 Å². The van der Waals surface area contributed by atoms with Crippen LogP contribution in [0.3, 0.4) is 0 Å². The summed E-state index contributed by atoms with van der Waals surface area (Å²) in [5, 5.41) is 6.00. The van der Waals surface area contributed by atoms with Gasteiger partial charge in [0.05, 0.1) is 0 Å². The Labute approximate surface area is 281 Å². The number of rotatable bonds is 8. The zero-order valence-electron chi connectivity index (χ0n) is 26.9. The van der Waals surface area contributed by atoms with Crippen molar-refractivity contribution in [1.29, 1.82) is 0 Å². The van der Waals surface area contributed by atoms with Crippen LogP contribution in [0.25, 0.3) is 22.3 Å². The van der Waals surface area contributed by atoms with Crippen molar-refractivity contribution in [2.24, 2.45) is 11.8 Å². The van der Waals surface area contributed by atoms with E-state index in [0.29, 0.717) is 51.6 Å². The summed E-state index contributed by atoms with van der Waals surface area (Å²) in [6.07, 6.45) is 1.70. The highest BCUT2D eigenvalue weighted by atomic mass is 16.7. The average Bonchev–Trinajstić information content (AvgIpc) is 3.61.